The first-order chi connectivity index (χ1) is 19.9. The highest BCUT2D eigenvalue weighted by Gasteiger charge is 2.26. The zero-order chi connectivity index (χ0) is 28.5. The highest BCUT2D eigenvalue weighted by molar-refractivity contribution is 6.17. The number of aromatic nitrogens is 4. The van der Waals surface area contributed by atoms with Crippen LogP contribution < -0.4 is 15.8 Å². The second kappa shape index (κ2) is 11.6. The van der Waals surface area contributed by atoms with Crippen molar-refractivity contribution >= 4 is 45.9 Å². The van der Waals surface area contributed by atoms with Crippen molar-refractivity contribution < 1.29 is 4.79 Å². The molecule has 2 aliphatic rings. The van der Waals surface area contributed by atoms with Crippen LogP contribution in [0, 0.1) is 6.92 Å². The van der Waals surface area contributed by atoms with Gasteiger partial charge in [-0.2, -0.15) is 4.98 Å². The molecule has 0 atom stereocenters. The molecule has 1 saturated carbocycles. The Bertz CT molecular complexity index is 1620. The minimum atomic E-state index is -0.250. The van der Waals surface area contributed by atoms with Crippen LogP contribution in [0.3, 0.4) is 0 Å². The van der Waals surface area contributed by atoms with E-state index in [0.717, 1.165) is 62.6 Å². The van der Waals surface area contributed by atoms with E-state index in [2.05, 4.69) is 50.5 Å². The number of alkyl halides is 1. The molecule has 0 unspecified atom stereocenters. The normalized spacial score (nSPS) is 16.4. The van der Waals surface area contributed by atoms with Crippen molar-refractivity contribution in [1.82, 2.24) is 19.5 Å². The molecule has 212 valence electrons. The fourth-order valence-corrected chi connectivity index (χ4v) is 6.59. The molecule has 0 radical (unpaired) electrons. The molecule has 2 fully saturated rings. The van der Waals surface area contributed by atoms with Gasteiger partial charge in [-0.1, -0.05) is 31.0 Å². The number of nitrogens with zero attached hydrogens (tertiary/aromatic N) is 5. The zero-order valence-electron chi connectivity index (χ0n) is 23.6. The van der Waals surface area contributed by atoms with Crippen molar-refractivity contribution in [3.05, 3.63) is 81.4 Å². The minimum absolute atomic E-state index is 0.0419. The van der Waals surface area contributed by atoms with Gasteiger partial charge in [-0.15, -0.1) is 11.6 Å². The molecule has 1 saturated heterocycles. The SMILES string of the molecule is CC(=O)c1c(C)c2cnc(Nc3ccc(C4CCN(c5ccc(CCl)cc5)CC4)cn3)nc2n(C2CCCC2)c1=O. The van der Waals surface area contributed by atoms with Crippen molar-refractivity contribution in [2.75, 3.05) is 23.3 Å². The van der Waals surface area contributed by atoms with Crippen LogP contribution in [0.25, 0.3) is 11.0 Å². The fraction of sp³-hybridized carbons (Fsp3) is 0.406. The van der Waals surface area contributed by atoms with Gasteiger partial charge in [-0.25, -0.2) is 9.97 Å². The van der Waals surface area contributed by atoms with Crippen LogP contribution in [0.4, 0.5) is 17.5 Å². The molecule has 9 heteroatoms. The van der Waals surface area contributed by atoms with E-state index in [1.807, 2.05) is 12.3 Å². The molecule has 0 amide bonds. The van der Waals surface area contributed by atoms with Crippen LogP contribution in [0.2, 0.25) is 0 Å². The summed E-state index contributed by atoms with van der Waals surface area (Å²) in [5, 5.41) is 3.96. The number of piperidine rings is 1. The third kappa shape index (κ3) is 5.45. The van der Waals surface area contributed by atoms with Gasteiger partial charge < -0.3 is 10.2 Å². The maximum Gasteiger partial charge on any atom is 0.263 e. The molecule has 8 nitrogen and oxygen atoms in total. The summed E-state index contributed by atoms with van der Waals surface area (Å²) in [5.74, 6) is 1.81. The number of halogens is 1. The lowest BCUT2D eigenvalue weighted by molar-refractivity contribution is 0.101. The van der Waals surface area contributed by atoms with Crippen LogP contribution >= 0.6 is 11.6 Å². The maximum atomic E-state index is 13.5. The largest absolute Gasteiger partial charge is 0.371 e. The number of hydrogen-bond acceptors (Lipinski definition) is 7. The standard InChI is InChI=1S/C32H35ClN6O2/c1-20-27-19-35-32(37-30(27)39(26-5-3-4-6-26)31(41)29(20)21(2)40)36-28-12-9-24(18-34-28)23-13-15-38(16-14-23)25-10-7-22(17-33)8-11-25/h7-12,18-19,23,26H,3-6,13-17H2,1-2H3,(H,34,35,36,37). The molecule has 4 heterocycles. The first-order valence-corrected chi connectivity index (χ1v) is 15.0. The molecule has 0 bridgehead atoms. The second-order valence-corrected chi connectivity index (χ2v) is 11.5. The number of benzene rings is 1. The van der Waals surface area contributed by atoms with Gasteiger partial charge >= 0.3 is 0 Å². The Morgan fingerprint density at radius 2 is 1.73 bits per heavy atom. The summed E-state index contributed by atoms with van der Waals surface area (Å²) in [5.41, 5.74) is 4.81. The van der Waals surface area contributed by atoms with E-state index >= 15 is 0 Å². The van der Waals surface area contributed by atoms with Crippen LogP contribution in [0.15, 0.2) is 53.6 Å². The number of carbonyl (C=O) groups excluding carboxylic acids is 1. The fourth-order valence-electron chi connectivity index (χ4n) is 6.41. The lowest BCUT2D eigenvalue weighted by Crippen LogP contribution is -2.32. The summed E-state index contributed by atoms with van der Waals surface area (Å²) in [6, 6.07) is 12.7. The van der Waals surface area contributed by atoms with Gasteiger partial charge in [0.05, 0.1) is 5.56 Å². The maximum absolute atomic E-state index is 13.5. The van der Waals surface area contributed by atoms with Gasteiger partial charge in [0.15, 0.2) is 5.78 Å². The highest BCUT2D eigenvalue weighted by atomic mass is 35.5. The molecule has 4 aromatic rings. The monoisotopic (exact) mass is 570 g/mol. The number of aryl methyl sites for hydroxylation is 1. The summed E-state index contributed by atoms with van der Waals surface area (Å²) in [4.78, 5) is 42.2. The predicted molar refractivity (Wildman–Crippen MR) is 164 cm³/mol. The van der Waals surface area contributed by atoms with Gasteiger partial charge in [0, 0.05) is 48.5 Å². The number of ketones is 1. The number of carbonyl (C=O) groups is 1. The summed E-state index contributed by atoms with van der Waals surface area (Å²) in [6.07, 6.45) is 9.73. The van der Waals surface area contributed by atoms with Crippen molar-refractivity contribution in [2.45, 2.75) is 70.2 Å². The molecule has 1 aliphatic carbocycles. The van der Waals surface area contributed by atoms with Gasteiger partial charge in [-0.05, 0) is 80.3 Å². The quantitative estimate of drug-likeness (QED) is 0.196. The molecule has 1 aromatic carbocycles. The van der Waals surface area contributed by atoms with Gasteiger partial charge in [0.1, 0.15) is 11.5 Å². The Balaban J connectivity index is 1.19. The number of nitrogens with one attached hydrogen (secondary N) is 1. The molecule has 3 aromatic heterocycles. The molecule has 1 aliphatic heterocycles. The van der Waals surface area contributed by atoms with E-state index < -0.39 is 0 Å². The van der Waals surface area contributed by atoms with Gasteiger partial charge in [-0.3, -0.25) is 14.2 Å². The summed E-state index contributed by atoms with van der Waals surface area (Å²) in [6.45, 7) is 5.26. The molecule has 41 heavy (non-hydrogen) atoms. The van der Waals surface area contributed by atoms with Crippen molar-refractivity contribution in [1.29, 1.82) is 0 Å². The van der Waals surface area contributed by atoms with Gasteiger partial charge in [0.25, 0.3) is 5.56 Å². The predicted octanol–water partition coefficient (Wildman–Crippen LogP) is 6.68. The molecule has 1 N–H and O–H groups in total. The first-order valence-electron chi connectivity index (χ1n) is 14.5. The van der Waals surface area contributed by atoms with E-state index in [1.54, 1.807) is 17.7 Å². The smallest absolute Gasteiger partial charge is 0.263 e. The Labute approximate surface area is 244 Å². The lowest BCUT2D eigenvalue weighted by atomic mass is 9.90. The summed E-state index contributed by atoms with van der Waals surface area (Å²) < 4.78 is 1.73. The van der Waals surface area contributed by atoms with E-state index in [-0.39, 0.29) is 22.9 Å². The van der Waals surface area contributed by atoms with E-state index in [0.29, 0.717) is 34.8 Å². The minimum Gasteiger partial charge on any atom is -0.371 e. The molecule has 0 spiro atoms. The zero-order valence-corrected chi connectivity index (χ0v) is 24.3. The summed E-state index contributed by atoms with van der Waals surface area (Å²) >= 11 is 5.93. The molecular formula is C32H35ClN6O2. The second-order valence-electron chi connectivity index (χ2n) is 11.3. The number of Topliss-reactive ketones (excluding diaryl/α,β-unsaturated/α-hetero) is 1. The first kappa shape index (κ1) is 27.4. The number of pyridine rings is 2. The molecule has 6 rings (SSSR count). The van der Waals surface area contributed by atoms with E-state index in [1.165, 1.54) is 18.2 Å². The summed E-state index contributed by atoms with van der Waals surface area (Å²) in [7, 11) is 0. The number of rotatable bonds is 7. The van der Waals surface area contributed by atoms with Gasteiger partial charge in [0.2, 0.25) is 5.95 Å². The van der Waals surface area contributed by atoms with Crippen LogP contribution in [-0.2, 0) is 5.88 Å². The number of hydrogen-bond donors (Lipinski definition) is 1. The molecular weight excluding hydrogens is 536 g/mol. The third-order valence-corrected chi connectivity index (χ3v) is 9.01. The van der Waals surface area contributed by atoms with Crippen LogP contribution in [0.5, 0.6) is 0 Å². The van der Waals surface area contributed by atoms with Crippen molar-refractivity contribution in [3.8, 4) is 0 Å². The van der Waals surface area contributed by atoms with Crippen molar-refractivity contribution in [3.63, 3.8) is 0 Å². The average molecular weight is 571 g/mol. The topological polar surface area (TPSA) is 93.0 Å². The average Bonchev–Trinajstić information content (AvgIpc) is 3.52. The Kier molecular flexibility index (Phi) is 7.75. The Morgan fingerprint density at radius 1 is 1.00 bits per heavy atom. The number of fused-ring (bicyclic) bond motifs is 1. The Morgan fingerprint density at radius 3 is 2.37 bits per heavy atom. The lowest BCUT2D eigenvalue weighted by Gasteiger charge is -2.33. The van der Waals surface area contributed by atoms with Crippen molar-refractivity contribution in [2.24, 2.45) is 0 Å². The third-order valence-electron chi connectivity index (χ3n) is 8.70. The van der Waals surface area contributed by atoms with Crippen LogP contribution in [-0.4, -0.2) is 38.4 Å². The van der Waals surface area contributed by atoms with E-state index in [9.17, 15) is 9.59 Å². The van der Waals surface area contributed by atoms with E-state index in [4.69, 9.17) is 16.6 Å². The van der Waals surface area contributed by atoms with Crippen LogP contribution in [0.1, 0.15) is 84.5 Å². The number of anilines is 3. The highest BCUT2D eigenvalue weighted by Crippen LogP contribution is 2.33. The Hall–Kier alpha value is -3.78.